The van der Waals surface area contributed by atoms with E-state index in [2.05, 4.69) is 42.3 Å². The molecule has 19 heavy (non-hydrogen) atoms. The third kappa shape index (κ3) is 3.28. The minimum atomic E-state index is 0.394. The Kier molecular flexibility index (Phi) is 5.23. The highest BCUT2D eigenvalue weighted by atomic mass is 16.5. The molecule has 2 atom stereocenters. The molecule has 2 rings (SSSR count). The predicted molar refractivity (Wildman–Crippen MR) is 79.7 cm³/mol. The molecule has 0 saturated carbocycles. The molecule has 0 amide bonds. The van der Waals surface area contributed by atoms with Crippen LogP contribution >= 0.6 is 0 Å². The van der Waals surface area contributed by atoms with Crippen molar-refractivity contribution < 1.29 is 4.74 Å². The molecule has 0 spiro atoms. The van der Waals surface area contributed by atoms with E-state index >= 15 is 0 Å². The van der Waals surface area contributed by atoms with Gasteiger partial charge in [-0.3, -0.25) is 4.90 Å². The average Bonchev–Trinajstić information content (AvgIpc) is 2.49. The van der Waals surface area contributed by atoms with Crippen LogP contribution in [0.5, 0.6) is 5.75 Å². The molecule has 2 unspecified atom stereocenters. The summed E-state index contributed by atoms with van der Waals surface area (Å²) in [4.78, 5) is 2.59. The van der Waals surface area contributed by atoms with E-state index in [4.69, 9.17) is 4.74 Å². The molecule has 1 aliphatic rings. The van der Waals surface area contributed by atoms with Gasteiger partial charge in [0.15, 0.2) is 0 Å². The topological polar surface area (TPSA) is 24.5 Å². The van der Waals surface area contributed by atoms with Gasteiger partial charge in [0.2, 0.25) is 0 Å². The Morgan fingerprint density at radius 3 is 2.84 bits per heavy atom. The highest BCUT2D eigenvalue weighted by Crippen LogP contribution is 2.31. The zero-order valence-electron chi connectivity index (χ0n) is 12.4. The van der Waals surface area contributed by atoms with Gasteiger partial charge in [-0.2, -0.15) is 0 Å². The Morgan fingerprint density at radius 1 is 1.42 bits per heavy atom. The van der Waals surface area contributed by atoms with E-state index in [0.717, 1.165) is 25.4 Å². The Balaban J connectivity index is 2.17. The second-order valence-electron chi connectivity index (χ2n) is 5.25. The van der Waals surface area contributed by atoms with Crippen molar-refractivity contribution in [3.63, 3.8) is 0 Å². The van der Waals surface area contributed by atoms with Crippen LogP contribution in [0.25, 0.3) is 0 Å². The fourth-order valence-electron chi connectivity index (χ4n) is 3.16. The standard InChI is InChI=1S/C16H26N2O/c1-4-18(14-8-7-11-17-12-14)13(2)15-9-5-6-10-16(15)19-3/h5-6,9-10,13-14,17H,4,7-8,11-12H2,1-3H3. The zero-order chi connectivity index (χ0) is 13.7. The van der Waals surface area contributed by atoms with Crippen LogP contribution in [0.15, 0.2) is 24.3 Å². The van der Waals surface area contributed by atoms with Crippen LogP contribution < -0.4 is 10.1 Å². The number of hydrogen-bond acceptors (Lipinski definition) is 3. The second-order valence-corrected chi connectivity index (χ2v) is 5.25. The molecule has 1 heterocycles. The molecule has 0 bridgehead atoms. The van der Waals surface area contributed by atoms with Crippen molar-refractivity contribution in [2.75, 3.05) is 26.7 Å². The summed E-state index contributed by atoms with van der Waals surface area (Å²) in [6.45, 7) is 7.88. The van der Waals surface area contributed by atoms with Gasteiger partial charge in [0, 0.05) is 24.2 Å². The van der Waals surface area contributed by atoms with Crippen LogP contribution in [0.1, 0.15) is 38.3 Å². The molecule has 1 N–H and O–H groups in total. The van der Waals surface area contributed by atoms with Crippen molar-refractivity contribution in [2.24, 2.45) is 0 Å². The van der Waals surface area contributed by atoms with Gasteiger partial charge in [0.05, 0.1) is 7.11 Å². The Labute approximate surface area is 116 Å². The Morgan fingerprint density at radius 2 is 2.21 bits per heavy atom. The van der Waals surface area contributed by atoms with Crippen molar-refractivity contribution >= 4 is 0 Å². The first-order valence-electron chi connectivity index (χ1n) is 7.37. The number of hydrogen-bond donors (Lipinski definition) is 1. The number of para-hydroxylation sites is 1. The molecule has 1 saturated heterocycles. The molecule has 3 nitrogen and oxygen atoms in total. The number of benzene rings is 1. The third-order valence-electron chi connectivity index (χ3n) is 4.19. The van der Waals surface area contributed by atoms with Crippen LogP contribution in [0, 0.1) is 0 Å². The fourth-order valence-corrected chi connectivity index (χ4v) is 3.16. The van der Waals surface area contributed by atoms with E-state index in [0.29, 0.717) is 12.1 Å². The van der Waals surface area contributed by atoms with Gasteiger partial charge in [-0.05, 0) is 38.9 Å². The molecule has 0 aliphatic carbocycles. The largest absolute Gasteiger partial charge is 0.496 e. The number of nitrogens with zero attached hydrogens (tertiary/aromatic N) is 1. The summed E-state index contributed by atoms with van der Waals surface area (Å²) in [6.07, 6.45) is 2.57. The first-order chi connectivity index (χ1) is 9.27. The molecule has 0 radical (unpaired) electrons. The molecule has 1 fully saturated rings. The quantitative estimate of drug-likeness (QED) is 0.883. The van der Waals surface area contributed by atoms with E-state index in [-0.39, 0.29) is 0 Å². The molecular formula is C16H26N2O. The maximum absolute atomic E-state index is 5.51. The van der Waals surface area contributed by atoms with Crippen LogP contribution in [-0.4, -0.2) is 37.7 Å². The summed E-state index contributed by atoms with van der Waals surface area (Å²) in [5, 5.41) is 3.51. The van der Waals surface area contributed by atoms with Crippen LogP contribution in [0.3, 0.4) is 0 Å². The predicted octanol–water partition coefficient (Wildman–Crippen LogP) is 2.83. The van der Waals surface area contributed by atoms with Crippen LogP contribution in [-0.2, 0) is 0 Å². The molecule has 1 aliphatic heterocycles. The summed E-state index contributed by atoms with van der Waals surface area (Å²) >= 11 is 0. The first kappa shape index (κ1) is 14.4. The SMILES string of the molecule is CCN(C1CCCNC1)C(C)c1ccccc1OC. The molecule has 1 aromatic carbocycles. The van der Waals surface area contributed by atoms with Gasteiger partial charge in [0.1, 0.15) is 5.75 Å². The second kappa shape index (κ2) is 6.92. The lowest BCUT2D eigenvalue weighted by Crippen LogP contribution is -2.46. The van der Waals surface area contributed by atoms with Gasteiger partial charge in [0.25, 0.3) is 0 Å². The van der Waals surface area contributed by atoms with Crippen molar-refractivity contribution in [2.45, 2.75) is 38.8 Å². The fraction of sp³-hybridized carbons (Fsp3) is 0.625. The normalized spacial score (nSPS) is 21.4. The monoisotopic (exact) mass is 262 g/mol. The van der Waals surface area contributed by atoms with Crippen molar-refractivity contribution in [3.05, 3.63) is 29.8 Å². The van der Waals surface area contributed by atoms with Crippen molar-refractivity contribution in [1.29, 1.82) is 0 Å². The molecular weight excluding hydrogens is 236 g/mol. The minimum Gasteiger partial charge on any atom is -0.496 e. The number of nitrogens with one attached hydrogen (secondary N) is 1. The maximum atomic E-state index is 5.51. The lowest BCUT2D eigenvalue weighted by Gasteiger charge is -2.38. The summed E-state index contributed by atoms with van der Waals surface area (Å²) in [7, 11) is 1.75. The number of rotatable bonds is 5. The molecule has 106 valence electrons. The Bertz CT molecular complexity index is 388. The summed E-state index contributed by atoms with van der Waals surface area (Å²) in [6, 6.07) is 9.40. The van der Waals surface area contributed by atoms with Gasteiger partial charge in [-0.25, -0.2) is 0 Å². The molecule has 1 aromatic rings. The van der Waals surface area contributed by atoms with Gasteiger partial charge < -0.3 is 10.1 Å². The van der Waals surface area contributed by atoms with Gasteiger partial charge >= 0.3 is 0 Å². The van der Waals surface area contributed by atoms with E-state index in [1.54, 1.807) is 7.11 Å². The Hall–Kier alpha value is -1.06. The maximum Gasteiger partial charge on any atom is 0.123 e. The summed E-state index contributed by atoms with van der Waals surface area (Å²) < 4.78 is 5.51. The molecule has 0 aromatic heterocycles. The smallest absolute Gasteiger partial charge is 0.123 e. The first-order valence-corrected chi connectivity index (χ1v) is 7.37. The van der Waals surface area contributed by atoms with E-state index < -0.39 is 0 Å². The van der Waals surface area contributed by atoms with Gasteiger partial charge in [-0.1, -0.05) is 25.1 Å². The summed E-state index contributed by atoms with van der Waals surface area (Å²) in [5.74, 6) is 0.997. The van der Waals surface area contributed by atoms with E-state index in [9.17, 15) is 0 Å². The third-order valence-corrected chi connectivity index (χ3v) is 4.19. The van der Waals surface area contributed by atoms with E-state index in [1.807, 2.05) is 6.07 Å². The van der Waals surface area contributed by atoms with Crippen molar-refractivity contribution in [1.82, 2.24) is 10.2 Å². The highest BCUT2D eigenvalue weighted by Gasteiger charge is 2.26. The van der Waals surface area contributed by atoms with E-state index in [1.165, 1.54) is 18.4 Å². The van der Waals surface area contributed by atoms with Crippen molar-refractivity contribution in [3.8, 4) is 5.75 Å². The highest BCUT2D eigenvalue weighted by molar-refractivity contribution is 5.35. The minimum absolute atomic E-state index is 0.394. The van der Waals surface area contributed by atoms with Gasteiger partial charge in [-0.15, -0.1) is 0 Å². The lowest BCUT2D eigenvalue weighted by molar-refractivity contribution is 0.126. The number of piperidine rings is 1. The molecule has 3 heteroatoms. The zero-order valence-corrected chi connectivity index (χ0v) is 12.4. The average molecular weight is 262 g/mol. The van der Waals surface area contributed by atoms with Crippen LogP contribution in [0.2, 0.25) is 0 Å². The number of ether oxygens (including phenoxy) is 1. The number of methoxy groups -OCH3 is 1. The van der Waals surface area contributed by atoms with Crippen LogP contribution in [0.4, 0.5) is 0 Å². The number of likely N-dealkylation sites (N-methyl/N-ethyl adjacent to an activating group) is 1. The summed E-state index contributed by atoms with van der Waals surface area (Å²) in [5.41, 5.74) is 1.29. The lowest BCUT2D eigenvalue weighted by atomic mass is 9.99.